The summed E-state index contributed by atoms with van der Waals surface area (Å²) < 4.78 is 5.29. The zero-order valence-electron chi connectivity index (χ0n) is 14.1. The molecule has 1 aliphatic heterocycles. The van der Waals surface area contributed by atoms with E-state index < -0.39 is 5.97 Å². The average Bonchev–Trinajstić information content (AvgIpc) is 3.20. The summed E-state index contributed by atoms with van der Waals surface area (Å²) in [4.78, 5) is 26.8. The Hall–Kier alpha value is -2.21. The lowest BCUT2D eigenvalue weighted by molar-refractivity contribution is -0.136. The van der Waals surface area contributed by atoms with Gasteiger partial charge in [-0.2, -0.15) is 0 Å². The average molecular weight is 359 g/mol. The summed E-state index contributed by atoms with van der Waals surface area (Å²) >= 11 is 1.81. The highest BCUT2D eigenvalue weighted by Crippen LogP contribution is 2.28. The second-order valence-corrected chi connectivity index (χ2v) is 7.41. The molecule has 3 rings (SSSR count). The molecule has 1 unspecified atom stereocenters. The number of carboxylic acids is 1. The van der Waals surface area contributed by atoms with Gasteiger partial charge >= 0.3 is 5.97 Å². The summed E-state index contributed by atoms with van der Waals surface area (Å²) in [6.07, 6.45) is 2.16. The van der Waals surface area contributed by atoms with Crippen molar-refractivity contribution in [2.24, 2.45) is 5.92 Å². The highest BCUT2D eigenvalue weighted by atomic mass is 32.2. The molecule has 0 bridgehead atoms. The van der Waals surface area contributed by atoms with E-state index in [1.54, 1.807) is 6.92 Å². The molecule has 1 atom stereocenters. The Morgan fingerprint density at radius 3 is 2.80 bits per heavy atom. The Morgan fingerprint density at radius 2 is 2.08 bits per heavy atom. The first-order valence-corrected chi connectivity index (χ1v) is 9.29. The van der Waals surface area contributed by atoms with Gasteiger partial charge in [-0.15, -0.1) is 11.8 Å². The molecule has 2 heterocycles. The quantitative estimate of drug-likeness (QED) is 0.800. The molecule has 1 N–H and O–H groups in total. The van der Waals surface area contributed by atoms with Crippen LogP contribution in [0.5, 0.6) is 0 Å². The Morgan fingerprint density at radius 1 is 1.32 bits per heavy atom. The van der Waals surface area contributed by atoms with Gasteiger partial charge in [-0.1, -0.05) is 18.2 Å². The minimum absolute atomic E-state index is 0.116. The number of nitrogens with zero attached hydrogens (tertiary/aromatic N) is 1. The molecule has 1 aromatic heterocycles. The molecule has 132 valence electrons. The van der Waals surface area contributed by atoms with Crippen LogP contribution in [-0.2, 0) is 11.2 Å². The van der Waals surface area contributed by atoms with E-state index in [1.165, 1.54) is 11.2 Å². The van der Waals surface area contributed by atoms with Gasteiger partial charge in [0.25, 0.3) is 5.91 Å². The van der Waals surface area contributed by atoms with Gasteiger partial charge in [0.1, 0.15) is 12.2 Å². The zero-order chi connectivity index (χ0) is 17.8. The Labute approximate surface area is 151 Å². The number of carboxylic acid groups (broad SMARTS) is 1. The van der Waals surface area contributed by atoms with Gasteiger partial charge in [0.2, 0.25) is 0 Å². The van der Waals surface area contributed by atoms with Crippen LogP contribution in [-0.4, -0.2) is 40.7 Å². The van der Waals surface area contributed by atoms with Crippen molar-refractivity contribution in [1.82, 2.24) is 4.90 Å². The molecule has 1 fully saturated rings. The first-order chi connectivity index (χ1) is 12.0. The van der Waals surface area contributed by atoms with E-state index in [1.807, 2.05) is 34.9 Å². The first-order valence-electron chi connectivity index (χ1n) is 8.30. The van der Waals surface area contributed by atoms with Gasteiger partial charge in [-0.3, -0.25) is 9.59 Å². The maximum atomic E-state index is 12.8. The first kappa shape index (κ1) is 17.6. The van der Waals surface area contributed by atoms with E-state index in [0.717, 1.165) is 12.2 Å². The predicted molar refractivity (Wildman–Crippen MR) is 96.0 cm³/mol. The molecule has 5 nitrogen and oxygen atoms in total. The third-order valence-electron chi connectivity index (χ3n) is 4.38. The number of aryl methyl sites for hydroxylation is 1. The van der Waals surface area contributed by atoms with Gasteiger partial charge < -0.3 is 14.4 Å². The van der Waals surface area contributed by atoms with Crippen molar-refractivity contribution in [2.75, 3.05) is 18.8 Å². The number of furan rings is 1. The molecule has 0 radical (unpaired) electrons. The number of hydrogen-bond donors (Lipinski definition) is 1. The molecular formula is C19H21NO4S. The van der Waals surface area contributed by atoms with Crippen molar-refractivity contribution in [3.8, 4) is 0 Å². The third-order valence-corrected chi connectivity index (χ3v) is 5.62. The monoisotopic (exact) mass is 359 g/mol. The van der Waals surface area contributed by atoms with Gasteiger partial charge in [0, 0.05) is 29.3 Å². The molecule has 1 amide bonds. The molecule has 0 saturated carbocycles. The SMILES string of the molecule is Cc1coc(CC(=O)O)c1C(=O)N1CCC(CSc2ccccc2)C1. The van der Waals surface area contributed by atoms with Crippen LogP contribution in [0, 0.1) is 12.8 Å². The van der Waals surface area contributed by atoms with E-state index in [-0.39, 0.29) is 18.1 Å². The number of thioether (sulfide) groups is 1. The van der Waals surface area contributed by atoms with Crippen molar-refractivity contribution >= 4 is 23.6 Å². The fourth-order valence-electron chi connectivity index (χ4n) is 3.09. The van der Waals surface area contributed by atoms with Crippen LogP contribution in [0.1, 0.15) is 28.1 Å². The maximum Gasteiger partial charge on any atom is 0.311 e. The highest BCUT2D eigenvalue weighted by Gasteiger charge is 2.30. The topological polar surface area (TPSA) is 70.7 Å². The number of likely N-dealkylation sites (tertiary alicyclic amines) is 1. The van der Waals surface area contributed by atoms with E-state index in [0.29, 0.717) is 30.1 Å². The molecule has 1 aromatic carbocycles. The molecule has 6 heteroatoms. The molecule has 1 aliphatic rings. The minimum atomic E-state index is -0.998. The zero-order valence-corrected chi connectivity index (χ0v) is 14.9. The lowest BCUT2D eigenvalue weighted by Gasteiger charge is -2.17. The Bertz CT molecular complexity index is 756. The fourth-order valence-corrected chi connectivity index (χ4v) is 4.14. The minimum Gasteiger partial charge on any atom is -0.481 e. The standard InChI is InChI=1S/C19H21NO4S/c1-13-11-24-16(9-17(21)22)18(13)19(23)20-8-7-14(10-20)12-25-15-5-3-2-4-6-15/h2-6,11,14H,7-10,12H2,1H3,(H,21,22). The Kier molecular flexibility index (Phi) is 5.48. The van der Waals surface area contributed by atoms with Gasteiger partial charge in [-0.25, -0.2) is 0 Å². The second-order valence-electron chi connectivity index (χ2n) is 6.32. The predicted octanol–water partition coefficient (Wildman–Crippen LogP) is 3.47. The summed E-state index contributed by atoms with van der Waals surface area (Å²) in [5.41, 5.74) is 1.11. The van der Waals surface area contributed by atoms with Crippen molar-refractivity contribution in [1.29, 1.82) is 0 Å². The van der Waals surface area contributed by atoms with Crippen LogP contribution in [0.15, 0.2) is 45.9 Å². The number of aliphatic carboxylic acids is 1. The second kappa shape index (κ2) is 7.78. The fraction of sp³-hybridized carbons (Fsp3) is 0.368. The number of carbonyl (C=O) groups is 2. The molecular weight excluding hydrogens is 338 g/mol. The number of benzene rings is 1. The summed E-state index contributed by atoms with van der Waals surface area (Å²) in [6, 6.07) is 10.2. The van der Waals surface area contributed by atoms with Crippen LogP contribution in [0.4, 0.5) is 0 Å². The summed E-state index contributed by atoms with van der Waals surface area (Å²) in [7, 11) is 0. The lowest BCUT2D eigenvalue weighted by atomic mass is 10.1. The molecule has 0 spiro atoms. The van der Waals surface area contributed by atoms with E-state index in [9.17, 15) is 9.59 Å². The number of hydrogen-bond acceptors (Lipinski definition) is 4. The summed E-state index contributed by atoms with van der Waals surface area (Å²) in [5.74, 6) is 0.554. The normalized spacial score (nSPS) is 17.0. The summed E-state index contributed by atoms with van der Waals surface area (Å²) in [6.45, 7) is 3.19. The van der Waals surface area contributed by atoms with Crippen molar-refractivity contribution < 1.29 is 19.1 Å². The highest BCUT2D eigenvalue weighted by molar-refractivity contribution is 7.99. The van der Waals surface area contributed by atoms with E-state index in [2.05, 4.69) is 12.1 Å². The molecule has 25 heavy (non-hydrogen) atoms. The largest absolute Gasteiger partial charge is 0.481 e. The van der Waals surface area contributed by atoms with Gasteiger partial charge in [0.15, 0.2) is 0 Å². The smallest absolute Gasteiger partial charge is 0.311 e. The van der Waals surface area contributed by atoms with Crippen LogP contribution in [0.2, 0.25) is 0 Å². The van der Waals surface area contributed by atoms with Gasteiger partial charge in [0.05, 0.1) is 11.8 Å². The van der Waals surface area contributed by atoms with Crippen LogP contribution in [0.3, 0.4) is 0 Å². The van der Waals surface area contributed by atoms with Crippen molar-refractivity contribution in [3.63, 3.8) is 0 Å². The number of amides is 1. The molecule has 2 aromatic rings. The number of rotatable bonds is 6. The lowest BCUT2D eigenvalue weighted by Crippen LogP contribution is -2.30. The summed E-state index contributed by atoms with van der Waals surface area (Å²) in [5, 5.41) is 8.98. The molecule has 1 saturated heterocycles. The van der Waals surface area contributed by atoms with E-state index >= 15 is 0 Å². The van der Waals surface area contributed by atoms with Crippen molar-refractivity contribution in [2.45, 2.75) is 24.7 Å². The maximum absolute atomic E-state index is 12.8. The van der Waals surface area contributed by atoms with Crippen LogP contribution in [0.25, 0.3) is 0 Å². The number of carbonyl (C=O) groups excluding carboxylic acids is 1. The van der Waals surface area contributed by atoms with Crippen LogP contribution >= 0.6 is 11.8 Å². The van der Waals surface area contributed by atoms with E-state index in [4.69, 9.17) is 9.52 Å². The van der Waals surface area contributed by atoms with Crippen molar-refractivity contribution in [3.05, 3.63) is 53.5 Å². The van der Waals surface area contributed by atoms with Crippen LogP contribution < -0.4 is 0 Å². The third kappa shape index (κ3) is 4.25. The Balaban J connectivity index is 1.61. The molecule has 0 aliphatic carbocycles. The van der Waals surface area contributed by atoms with Gasteiger partial charge in [-0.05, 0) is 31.4 Å².